The molecule has 3 aromatic rings. The third-order valence-corrected chi connectivity index (χ3v) is 2.98. The highest BCUT2D eigenvalue weighted by Crippen LogP contribution is 2.26. The molecule has 0 saturated carbocycles. The van der Waals surface area contributed by atoms with Crippen LogP contribution in [0.3, 0.4) is 0 Å². The Balaban J connectivity index is 1.80. The van der Waals surface area contributed by atoms with Crippen LogP contribution in [-0.2, 0) is 11.3 Å². The summed E-state index contributed by atoms with van der Waals surface area (Å²) in [4.78, 5) is 22.2. The fourth-order valence-electron chi connectivity index (χ4n) is 2.01. The molecule has 8 nitrogen and oxygen atoms in total. The van der Waals surface area contributed by atoms with E-state index in [1.807, 2.05) is 6.07 Å². The fourth-order valence-corrected chi connectivity index (χ4v) is 2.01. The summed E-state index contributed by atoms with van der Waals surface area (Å²) in [6.07, 6.45) is 0. The predicted octanol–water partition coefficient (Wildman–Crippen LogP) is 1.95. The summed E-state index contributed by atoms with van der Waals surface area (Å²) in [6, 6.07) is 12.9. The molecule has 0 spiro atoms. The number of hydrogen-bond donors (Lipinski definition) is 0. The topological polar surface area (TPSA) is 100 Å². The number of aromatic nitrogens is 3. The van der Waals surface area contributed by atoms with E-state index in [-0.39, 0.29) is 18.0 Å². The summed E-state index contributed by atoms with van der Waals surface area (Å²) in [5.74, 6) is -0.758. The molecule has 8 heteroatoms. The minimum atomic E-state index is -0.662. The number of fused-ring (bicyclic) bond motifs is 1. The third kappa shape index (κ3) is 2.62. The van der Waals surface area contributed by atoms with Crippen LogP contribution in [0.1, 0.15) is 0 Å². The van der Waals surface area contributed by atoms with Crippen LogP contribution in [0.4, 0.5) is 5.69 Å². The summed E-state index contributed by atoms with van der Waals surface area (Å²) in [5.41, 5.74) is 1.07. The van der Waals surface area contributed by atoms with Gasteiger partial charge in [-0.2, -0.15) is 0 Å². The lowest BCUT2D eigenvalue weighted by Gasteiger charge is -2.05. The van der Waals surface area contributed by atoms with E-state index in [1.165, 1.54) is 22.9 Å². The van der Waals surface area contributed by atoms with Gasteiger partial charge in [-0.3, -0.25) is 10.1 Å². The first-order chi connectivity index (χ1) is 10.6. The molecular weight excluding hydrogens is 288 g/mol. The maximum Gasteiger partial charge on any atom is 0.333 e. The van der Waals surface area contributed by atoms with Crippen LogP contribution in [0.2, 0.25) is 0 Å². The van der Waals surface area contributed by atoms with Crippen molar-refractivity contribution in [3.63, 3.8) is 0 Å². The second kappa shape index (κ2) is 5.60. The first kappa shape index (κ1) is 13.7. The van der Waals surface area contributed by atoms with Gasteiger partial charge >= 0.3 is 11.7 Å². The van der Waals surface area contributed by atoms with Crippen molar-refractivity contribution in [2.24, 2.45) is 0 Å². The number of esters is 1. The number of carbonyl (C=O) groups is 1. The van der Waals surface area contributed by atoms with Gasteiger partial charge in [0, 0.05) is 6.07 Å². The van der Waals surface area contributed by atoms with E-state index in [9.17, 15) is 14.9 Å². The predicted molar refractivity (Wildman–Crippen MR) is 76.3 cm³/mol. The summed E-state index contributed by atoms with van der Waals surface area (Å²) in [7, 11) is 0. The Hall–Kier alpha value is -3.29. The molecule has 1 heterocycles. The van der Waals surface area contributed by atoms with E-state index in [0.717, 1.165) is 0 Å². The molecule has 0 N–H and O–H groups in total. The van der Waals surface area contributed by atoms with E-state index >= 15 is 0 Å². The molecule has 0 saturated heterocycles. The maximum absolute atomic E-state index is 12.0. The van der Waals surface area contributed by atoms with Crippen LogP contribution in [0, 0.1) is 10.1 Å². The average Bonchev–Trinajstić information content (AvgIpc) is 2.91. The second-order valence-electron chi connectivity index (χ2n) is 4.43. The first-order valence-electron chi connectivity index (χ1n) is 6.37. The highest BCUT2D eigenvalue weighted by atomic mass is 16.6. The van der Waals surface area contributed by atoms with Crippen molar-refractivity contribution in [2.75, 3.05) is 0 Å². The zero-order chi connectivity index (χ0) is 15.5. The van der Waals surface area contributed by atoms with Crippen LogP contribution < -0.4 is 4.74 Å². The molecule has 1 aromatic heterocycles. The van der Waals surface area contributed by atoms with E-state index in [1.54, 1.807) is 24.3 Å². The zero-order valence-corrected chi connectivity index (χ0v) is 11.2. The Bertz CT molecular complexity index is 859. The van der Waals surface area contributed by atoms with Crippen molar-refractivity contribution in [3.05, 3.63) is 58.6 Å². The molecule has 0 amide bonds. The summed E-state index contributed by atoms with van der Waals surface area (Å²) in [6.45, 7) is -0.188. The lowest BCUT2D eigenvalue weighted by molar-refractivity contribution is -0.385. The quantitative estimate of drug-likeness (QED) is 0.316. The summed E-state index contributed by atoms with van der Waals surface area (Å²) in [5, 5.41) is 18.7. The van der Waals surface area contributed by atoms with Crippen LogP contribution in [0.25, 0.3) is 11.0 Å². The Morgan fingerprint density at radius 1 is 1.18 bits per heavy atom. The third-order valence-electron chi connectivity index (χ3n) is 2.98. The van der Waals surface area contributed by atoms with Gasteiger partial charge < -0.3 is 4.74 Å². The SMILES string of the molecule is O=C(Cn1nnc2ccccc21)Oc1ccccc1[N+](=O)[O-]. The van der Waals surface area contributed by atoms with Crippen molar-refractivity contribution in [3.8, 4) is 5.75 Å². The van der Waals surface area contributed by atoms with Gasteiger partial charge in [0.1, 0.15) is 12.1 Å². The average molecular weight is 298 g/mol. The van der Waals surface area contributed by atoms with Crippen LogP contribution in [0.15, 0.2) is 48.5 Å². The molecule has 0 unspecified atom stereocenters. The van der Waals surface area contributed by atoms with Gasteiger partial charge in [-0.05, 0) is 18.2 Å². The van der Waals surface area contributed by atoms with E-state index in [4.69, 9.17) is 4.74 Å². The van der Waals surface area contributed by atoms with Crippen molar-refractivity contribution < 1.29 is 14.5 Å². The number of nitro benzene ring substituents is 1. The molecular formula is C14H10N4O4. The van der Waals surface area contributed by atoms with Gasteiger partial charge in [-0.25, -0.2) is 9.48 Å². The first-order valence-corrected chi connectivity index (χ1v) is 6.37. The second-order valence-corrected chi connectivity index (χ2v) is 4.43. The van der Waals surface area contributed by atoms with Crippen molar-refractivity contribution in [2.45, 2.75) is 6.54 Å². The molecule has 22 heavy (non-hydrogen) atoms. The fraction of sp³-hybridized carbons (Fsp3) is 0.0714. The van der Waals surface area contributed by atoms with Crippen LogP contribution in [0.5, 0.6) is 5.75 Å². The van der Waals surface area contributed by atoms with Gasteiger partial charge in [0.2, 0.25) is 5.75 Å². The highest BCUT2D eigenvalue weighted by molar-refractivity contribution is 5.78. The lowest BCUT2D eigenvalue weighted by Crippen LogP contribution is -2.17. The van der Waals surface area contributed by atoms with Gasteiger partial charge in [0.05, 0.1) is 10.4 Å². The maximum atomic E-state index is 12.0. The number of nitrogens with zero attached hydrogens (tertiary/aromatic N) is 4. The molecule has 0 radical (unpaired) electrons. The molecule has 3 rings (SSSR count). The largest absolute Gasteiger partial charge is 0.418 e. The van der Waals surface area contributed by atoms with Gasteiger partial charge in [0.15, 0.2) is 0 Å². The van der Waals surface area contributed by atoms with Crippen LogP contribution >= 0.6 is 0 Å². The van der Waals surface area contributed by atoms with Crippen LogP contribution in [-0.4, -0.2) is 25.9 Å². The smallest absolute Gasteiger partial charge is 0.333 e. The molecule has 0 bridgehead atoms. The Morgan fingerprint density at radius 2 is 1.91 bits per heavy atom. The van der Waals surface area contributed by atoms with Crippen molar-refractivity contribution in [1.29, 1.82) is 0 Å². The Labute approximate surface area is 124 Å². The lowest BCUT2D eigenvalue weighted by atomic mass is 10.3. The van der Waals surface area contributed by atoms with Gasteiger partial charge in [-0.15, -0.1) is 5.10 Å². The molecule has 0 aliphatic heterocycles. The molecule has 110 valence electrons. The van der Waals surface area contributed by atoms with Crippen molar-refractivity contribution >= 4 is 22.7 Å². The normalized spacial score (nSPS) is 10.5. The summed E-state index contributed by atoms with van der Waals surface area (Å²) >= 11 is 0. The molecule has 0 aliphatic carbocycles. The number of rotatable bonds is 4. The highest BCUT2D eigenvalue weighted by Gasteiger charge is 2.18. The molecule has 0 fully saturated rings. The Morgan fingerprint density at radius 3 is 2.73 bits per heavy atom. The minimum Gasteiger partial charge on any atom is -0.418 e. The number of benzene rings is 2. The standard InChI is InChI=1S/C14H10N4O4/c19-14(22-13-8-4-3-7-12(13)18(20)21)9-17-11-6-2-1-5-10(11)15-16-17/h1-8H,9H2. The van der Waals surface area contributed by atoms with E-state index in [2.05, 4.69) is 10.3 Å². The number of ether oxygens (including phenoxy) is 1. The number of hydrogen-bond acceptors (Lipinski definition) is 6. The molecule has 0 atom stereocenters. The molecule has 0 aliphatic rings. The minimum absolute atomic E-state index is 0.0954. The van der Waals surface area contributed by atoms with Gasteiger partial charge in [-0.1, -0.05) is 29.5 Å². The summed E-state index contributed by atoms with van der Waals surface area (Å²) < 4.78 is 6.44. The van der Waals surface area contributed by atoms with Crippen molar-refractivity contribution in [1.82, 2.24) is 15.0 Å². The van der Waals surface area contributed by atoms with E-state index < -0.39 is 10.9 Å². The Kier molecular flexibility index (Phi) is 3.48. The number of para-hydroxylation sites is 3. The zero-order valence-electron chi connectivity index (χ0n) is 11.2. The molecule has 2 aromatic carbocycles. The van der Waals surface area contributed by atoms with Gasteiger partial charge in [0.25, 0.3) is 0 Å². The number of nitro groups is 1. The monoisotopic (exact) mass is 298 g/mol. The number of carbonyl (C=O) groups excluding carboxylic acids is 1. The van der Waals surface area contributed by atoms with E-state index in [0.29, 0.717) is 11.0 Å².